The first kappa shape index (κ1) is 14.1. The number of hydrogen-bond donors (Lipinski definition) is 1. The second kappa shape index (κ2) is 5.27. The van der Waals surface area contributed by atoms with E-state index in [0.717, 1.165) is 30.2 Å². The number of nitrogens with zero attached hydrogens (tertiary/aromatic N) is 2. The molecule has 0 fully saturated rings. The summed E-state index contributed by atoms with van der Waals surface area (Å²) in [5.74, 6) is 1.14. The van der Waals surface area contributed by atoms with Crippen LogP contribution in [-0.4, -0.2) is 16.3 Å². The van der Waals surface area contributed by atoms with E-state index in [1.807, 2.05) is 0 Å². The molecule has 0 spiro atoms. The molecule has 116 valence electrons. The number of rotatable bonds is 2. The van der Waals surface area contributed by atoms with Crippen molar-refractivity contribution in [3.8, 4) is 16.9 Å². The molecule has 4 rings (SSSR count). The molecule has 0 atom stereocenters. The fourth-order valence-electron chi connectivity index (χ4n) is 3.39. The van der Waals surface area contributed by atoms with Gasteiger partial charge in [-0.05, 0) is 51.5 Å². The number of aromatic nitrogens is 2. The van der Waals surface area contributed by atoms with Crippen LogP contribution in [0.4, 0.5) is 5.82 Å². The molecule has 1 aromatic heterocycles. The van der Waals surface area contributed by atoms with Crippen LogP contribution in [0.1, 0.15) is 22.3 Å². The van der Waals surface area contributed by atoms with Gasteiger partial charge in [0.15, 0.2) is 0 Å². The molecule has 3 aromatic rings. The van der Waals surface area contributed by atoms with E-state index in [-0.39, 0.29) is 0 Å². The summed E-state index contributed by atoms with van der Waals surface area (Å²) in [6.45, 7) is 7.38. The van der Waals surface area contributed by atoms with Crippen LogP contribution in [0.2, 0.25) is 0 Å². The van der Waals surface area contributed by atoms with Crippen molar-refractivity contribution in [3.63, 3.8) is 0 Å². The van der Waals surface area contributed by atoms with E-state index in [0.29, 0.717) is 0 Å². The quantitative estimate of drug-likeness (QED) is 0.759. The molecule has 0 saturated heterocycles. The smallest absolute Gasteiger partial charge is 0.133 e. The van der Waals surface area contributed by atoms with Gasteiger partial charge >= 0.3 is 0 Å². The first-order chi connectivity index (χ1) is 11.1. The van der Waals surface area contributed by atoms with Gasteiger partial charge in [0.25, 0.3) is 0 Å². The lowest BCUT2D eigenvalue weighted by Gasteiger charge is -2.07. The van der Waals surface area contributed by atoms with Gasteiger partial charge < -0.3 is 5.32 Å². The summed E-state index contributed by atoms with van der Waals surface area (Å²) < 4.78 is 2.05. The fourth-order valence-corrected chi connectivity index (χ4v) is 3.39. The zero-order chi connectivity index (χ0) is 16.0. The van der Waals surface area contributed by atoms with Crippen molar-refractivity contribution in [1.29, 1.82) is 0 Å². The number of anilines is 1. The molecule has 2 heterocycles. The van der Waals surface area contributed by atoms with E-state index in [1.165, 1.54) is 27.8 Å². The first-order valence-electron chi connectivity index (χ1n) is 8.13. The Bertz CT molecular complexity index is 852. The van der Waals surface area contributed by atoms with Gasteiger partial charge in [-0.1, -0.05) is 34.9 Å². The maximum atomic E-state index is 4.94. The van der Waals surface area contributed by atoms with Crippen molar-refractivity contribution in [2.45, 2.75) is 27.2 Å². The van der Waals surface area contributed by atoms with Crippen molar-refractivity contribution in [1.82, 2.24) is 9.78 Å². The van der Waals surface area contributed by atoms with Gasteiger partial charge in [0.1, 0.15) is 5.82 Å². The van der Waals surface area contributed by atoms with Crippen molar-refractivity contribution < 1.29 is 0 Å². The summed E-state index contributed by atoms with van der Waals surface area (Å²) >= 11 is 0. The molecule has 0 unspecified atom stereocenters. The molecule has 0 aliphatic carbocycles. The highest BCUT2D eigenvalue weighted by atomic mass is 15.3. The van der Waals surface area contributed by atoms with Crippen molar-refractivity contribution in [2.24, 2.45) is 0 Å². The van der Waals surface area contributed by atoms with Crippen LogP contribution in [0.3, 0.4) is 0 Å². The van der Waals surface area contributed by atoms with Crippen LogP contribution in [0.5, 0.6) is 0 Å². The second-order valence-electron chi connectivity index (χ2n) is 6.48. The molecule has 0 saturated carbocycles. The molecular weight excluding hydrogens is 282 g/mol. The summed E-state index contributed by atoms with van der Waals surface area (Å²) in [5.41, 5.74) is 8.59. The minimum Gasteiger partial charge on any atom is -0.369 e. The Hall–Kier alpha value is -2.55. The van der Waals surface area contributed by atoms with Crippen molar-refractivity contribution in [2.75, 3.05) is 11.9 Å². The summed E-state index contributed by atoms with van der Waals surface area (Å²) in [6, 6.07) is 15.2. The predicted molar refractivity (Wildman–Crippen MR) is 95.4 cm³/mol. The van der Waals surface area contributed by atoms with Crippen LogP contribution in [0.15, 0.2) is 42.5 Å². The number of nitrogens with one attached hydrogen (secondary N) is 1. The Morgan fingerprint density at radius 1 is 0.913 bits per heavy atom. The molecule has 1 N–H and O–H groups in total. The van der Waals surface area contributed by atoms with Crippen molar-refractivity contribution in [3.05, 3.63) is 64.7 Å². The van der Waals surface area contributed by atoms with E-state index in [2.05, 4.69) is 73.2 Å². The minimum absolute atomic E-state index is 0.983. The maximum Gasteiger partial charge on any atom is 0.133 e. The average Bonchev–Trinajstić information content (AvgIpc) is 3.09. The topological polar surface area (TPSA) is 29.9 Å². The van der Waals surface area contributed by atoms with E-state index in [9.17, 15) is 0 Å². The Morgan fingerprint density at radius 2 is 1.61 bits per heavy atom. The SMILES string of the molecule is Cc1ccc(-n2nc(-c3cc(C)cc(C)c3)c3c2NCC3)cc1. The number of aryl methyl sites for hydroxylation is 3. The summed E-state index contributed by atoms with van der Waals surface area (Å²) in [5, 5.41) is 8.44. The Kier molecular flexibility index (Phi) is 3.22. The third-order valence-corrected chi connectivity index (χ3v) is 4.42. The van der Waals surface area contributed by atoms with Crippen LogP contribution in [0, 0.1) is 20.8 Å². The lowest BCUT2D eigenvalue weighted by molar-refractivity contribution is 0.882. The number of fused-ring (bicyclic) bond motifs is 1. The lowest BCUT2D eigenvalue weighted by atomic mass is 10.0. The second-order valence-corrected chi connectivity index (χ2v) is 6.48. The van der Waals surface area contributed by atoms with E-state index in [1.54, 1.807) is 0 Å². The van der Waals surface area contributed by atoms with Crippen molar-refractivity contribution >= 4 is 5.82 Å². The predicted octanol–water partition coefficient (Wildman–Crippen LogP) is 4.43. The summed E-state index contributed by atoms with van der Waals surface area (Å²) in [4.78, 5) is 0. The van der Waals surface area contributed by atoms with Gasteiger partial charge in [0.05, 0.1) is 11.4 Å². The summed E-state index contributed by atoms with van der Waals surface area (Å²) in [7, 11) is 0. The molecular formula is C20H21N3. The van der Waals surface area contributed by atoms with E-state index < -0.39 is 0 Å². The van der Waals surface area contributed by atoms with E-state index in [4.69, 9.17) is 5.10 Å². The number of benzene rings is 2. The fraction of sp³-hybridized carbons (Fsp3) is 0.250. The highest BCUT2D eigenvalue weighted by Crippen LogP contribution is 2.35. The zero-order valence-electron chi connectivity index (χ0n) is 13.9. The van der Waals surface area contributed by atoms with Gasteiger partial charge in [0.2, 0.25) is 0 Å². The molecule has 3 heteroatoms. The highest BCUT2D eigenvalue weighted by Gasteiger charge is 2.24. The highest BCUT2D eigenvalue weighted by molar-refractivity contribution is 5.73. The maximum absolute atomic E-state index is 4.94. The molecule has 23 heavy (non-hydrogen) atoms. The minimum atomic E-state index is 0.983. The van der Waals surface area contributed by atoms with Crippen LogP contribution in [-0.2, 0) is 6.42 Å². The molecule has 0 bridgehead atoms. The van der Waals surface area contributed by atoms with Gasteiger partial charge in [0, 0.05) is 17.7 Å². The largest absolute Gasteiger partial charge is 0.369 e. The Morgan fingerprint density at radius 3 is 2.30 bits per heavy atom. The van der Waals surface area contributed by atoms with Gasteiger partial charge in [-0.3, -0.25) is 0 Å². The first-order valence-corrected chi connectivity index (χ1v) is 8.13. The zero-order valence-corrected chi connectivity index (χ0v) is 13.9. The third kappa shape index (κ3) is 2.42. The van der Waals surface area contributed by atoms with Gasteiger partial charge in [-0.2, -0.15) is 5.10 Å². The van der Waals surface area contributed by atoms with E-state index >= 15 is 0 Å². The Labute approximate surface area is 137 Å². The van der Waals surface area contributed by atoms with Gasteiger partial charge in [-0.25, -0.2) is 4.68 Å². The number of hydrogen-bond acceptors (Lipinski definition) is 2. The Balaban J connectivity index is 1.89. The normalized spacial score (nSPS) is 13.0. The van der Waals surface area contributed by atoms with Crippen LogP contribution < -0.4 is 5.32 Å². The van der Waals surface area contributed by atoms with Crippen LogP contribution >= 0.6 is 0 Å². The monoisotopic (exact) mass is 303 g/mol. The average molecular weight is 303 g/mol. The summed E-state index contributed by atoms with van der Waals surface area (Å²) in [6.07, 6.45) is 1.03. The molecule has 1 aliphatic heterocycles. The molecule has 0 radical (unpaired) electrons. The molecule has 2 aromatic carbocycles. The van der Waals surface area contributed by atoms with Gasteiger partial charge in [-0.15, -0.1) is 0 Å². The molecule has 0 amide bonds. The molecule has 3 nitrogen and oxygen atoms in total. The third-order valence-electron chi connectivity index (χ3n) is 4.42. The van der Waals surface area contributed by atoms with Crippen LogP contribution in [0.25, 0.3) is 16.9 Å². The lowest BCUT2D eigenvalue weighted by Crippen LogP contribution is -2.04. The molecule has 1 aliphatic rings. The standard InChI is InChI=1S/C20H21N3/c1-13-4-6-17(7-5-13)23-20-18(8-9-21-20)19(22-23)16-11-14(2)10-15(3)12-16/h4-7,10-12,21H,8-9H2,1-3H3.